The standard InChI is InChI=1S/C16H19N3/c1-12-8-14-4-2-3-5-16(14)19(12)11-13-6-7-18-15(9-13)10-17/h2-7,9,12H,8,10-11,17H2,1H3. The van der Waals surface area contributed by atoms with Crippen LogP contribution in [0.1, 0.15) is 23.7 Å². The van der Waals surface area contributed by atoms with E-state index >= 15 is 0 Å². The molecule has 3 nitrogen and oxygen atoms in total. The topological polar surface area (TPSA) is 42.2 Å². The maximum absolute atomic E-state index is 5.65. The summed E-state index contributed by atoms with van der Waals surface area (Å²) in [6, 6.07) is 13.4. The third-order valence-corrected chi connectivity index (χ3v) is 3.79. The molecule has 0 spiro atoms. The average Bonchev–Trinajstić information content (AvgIpc) is 2.76. The highest BCUT2D eigenvalue weighted by molar-refractivity contribution is 5.59. The van der Waals surface area contributed by atoms with Gasteiger partial charge in [-0.05, 0) is 42.7 Å². The molecule has 2 N–H and O–H groups in total. The van der Waals surface area contributed by atoms with E-state index in [4.69, 9.17) is 5.73 Å². The van der Waals surface area contributed by atoms with Crippen molar-refractivity contribution in [3.63, 3.8) is 0 Å². The highest BCUT2D eigenvalue weighted by Gasteiger charge is 2.25. The number of fused-ring (bicyclic) bond motifs is 1. The number of pyridine rings is 1. The van der Waals surface area contributed by atoms with E-state index in [-0.39, 0.29) is 0 Å². The lowest BCUT2D eigenvalue weighted by Gasteiger charge is -2.25. The second kappa shape index (κ2) is 5.02. The molecule has 0 bridgehead atoms. The van der Waals surface area contributed by atoms with Crippen molar-refractivity contribution in [3.8, 4) is 0 Å². The number of hydrogen-bond acceptors (Lipinski definition) is 3. The van der Waals surface area contributed by atoms with E-state index in [1.54, 1.807) is 0 Å². The van der Waals surface area contributed by atoms with Crippen molar-refractivity contribution in [1.82, 2.24) is 4.98 Å². The molecule has 1 aliphatic rings. The Morgan fingerprint density at radius 3 is 3.00 bits per heavy atom. The Morgan fingerprint density at radius 1 is 1.32 bits per heavy atom. The molecule has 2 aromatic rings. The zero-order chi connectivity index (χ0) is 13.2. The molecular formula is C16H19N3. The molecule has 0 fully saturated rings. The van der Waals surface area contributed by atoms with Crippen LogP contribution in [-0.2, 0) is 19.5 Å². The minimum Gasteiger partial charge on any atom is -0.364 e. The summed E-state index contributed by atoms with van der Waals surface area (Å²) in [5.74, 6) is 0. The number of benzene rings is 1. The summed E-state index contributed by atoms with van der Waals surface area (Å²) in [7, 11) is 0. The first-order valence-corrected chi connectivity index (χ1v) is 6.76. The number of nitrogens with zero attached hydrogens (tertiary/aromatic N) is 2. The fraction of sp³-hybridized carbons (Fsp3) is 0.312. The van der Waals surface area contributed by atoms with E-state index in [1.807, 2.05) is 6.20 Å². The molecule has 0 aliphatic carbocycles. The molecule has 0 amide bonds. The Balaban J connectivity index is 1.87. The largest absolute Gasteiger partial charge is 0.364 e. The number of anilines is 1. The molecule has 1 aromatic heterocycles. The van der Waals surface area contributed by atoms with Crippen LogP contribution in [0.25, 0.3) is 0 Å². The maximum atomic E-state index is 5.65. The fourth-order valence-electron chi connectivity index (χ4n) is 2.81. The summed E-state index contributed by atoms with van der Waals surface area (Å²) in [5.41, 5.74) is 10.7. The molecule has 2 heterocycles. The summed E-state index contributed by atoms with van der Waals surface area (Å²) in [6.07, 6.45) is 2.98. The Hall–Kier alpha value is -1.87. The van der Waals surface area contributed by atoms with Crippen molar-refractivity contribution in [1.29, 1.82) is 0 Å². The quantitative estimate of drug-likeness (QED) is 0.913. The van der Waals surface area contributed by atoms with Crippen molar-refractivity contribution in [2.75, 3.05) is 4.90 Å². The van der Waals surface area contributed by atoms with E-state index in [2.05, 4.69) is 53.2 Å². The van der Waals surface area contributed by atoms with Crippen LogP contribution in [0.2, 0.25) is 0 Å². The Labute approximate surface area is 114 Å². The highest BCUT2D eigenvalue weighted by atomic mass is 15.2. The van der Waals surface area contributed by atoms with Gasteiger partial charge in [0.2, 0.25) is 0 Å². The van der Waals surface area contributed by atoms with Crippen molar-refractivity contribution in [2.45, 2.75) is 32.5 Å². The third-order valence-electron chi connectivity index (χ3n) is 3.79. The minimum absolute atomic E-state index is 0.500. The predicted molar refractivity (Wildman–Crippen MR) is 77.9 cm³/mol. The molecule has 1 unspecified atom stereocenters. The van der Waals surface area contributed by atoms with Crippen LogP contribution in [0.15, 0.2) is 42.6 Å². The summed E-state index contributed by atoms with van der Waals surface area (Å²) < 4.78 is 0. The van der Waals surface area contributed by atoms with Gasteiger partial charge in [-0.3, -0.25) is 4.98 Å². The molecule has 1 aliphatic heterocycles. The van der Waals surface area contributed by atoms with E-state index in [0.29, 0.717) is 12.6 Å². The molecule has 0 saturated carbocycles. The average molecular weight is 253 g/mol. The highest BCUT2D eigenvalue weighted by Crippen LogP contribution is 2.32. The van der Waals surface area contributed by atoms with Gasteiger partial charge in [0, 0.05) is 31.0 Å². The summed E-state index contributed by atoms with van der Waals surface area (Å²) in [5, 5.41) is 0. The second-order valence-electron chi connectivity index (χ2n) is 5.17. The first-order chi connectivity index (χ1) is 9.28. The molecule has 98 valence electrons. The normalized spacial score (nSPS) is 17.6. The van der Waals surface area contributed by atoms with Crippen LogP contribution in [0.5, 0.6) is 0 Å². The van der Waals surface area contributed by atoms with Gasteiger partial charge in [-0.15, -0.1) is 0 Å². The Bertz CT molecular complexity index is 580. The lowest BCUT2D eigenvalue weighted by molar-refractivity contribution is 0.671. The van der Waals surface area contributed by atoms with Crippen LogP contribution < -0.4 is 10.6 Å². The van der Waals surface area contributed by atoms with Crippen molar-refractivity contribution >= 4 is 5.69 Å². The molecule has 3 heteroatoms. The molecule has 3 rings (SSSR count). The molecule has 19 heavy (non-hydrogen) atoms. The van der Waals surface area contributed by atoms with Crippen LogP contribution in [-0.4, -0.2) is 11.0 Å². The monoisotopic (exact) mass is 253 g/mol. The number of aromatic nitrogens is 1. The van der Waals surface area contributed by atoms with Gasteiger partial charge >= 0.3 is 0 Å². The van der Waals surface area contributed by atoms with Crippen molar-refractivity contribution < 1.29 is 0 Å². The van der Waals surface area contributed by atoms with E-state index in [1.165, 1.54) is 16.8 Å². The first-order valence-electron chi connectivity index (χ1n) is 6.76. The van der Waals surface area contributed by atoms with Gasteiger partial charge in [0.25, 0.3) is 0 Å². The number of rotatable bonds is 3. The van der Waals surface area contributed by atoms with Gasteiger partial charge in [-0.25, -0.2) is 0 Å². The Kier molecular flexibility index (Phi) is 3.22. The molecule has 1 aromatic carbocycles. The first kappa shape index (κ1) is 12.2. The van der Waals surface area contributed by atoms with Crippen molar-refractivity contribution in [2.24, 2.45) is 5.73 Å². The lowest BCUT2D eigenvalue weighted by atomic mass is 10.1. The zero-order valence-electron chi connectivity index (χ0n) is 11.2. The molecule has 1 atom stereocenters. The maximum Gasteiger partial charge on any atom is 0.0542 e. The fourth-order valence-corrected chi connectivity index (χ4v) is 2.81. The van der Waals surface area contributed by atoms with Gasteiger partial charge in [-0.2, -0.15) is 0 Å². The third kappa shape index (κ3) is 2.34. The number of para-hydroxylation sites is 1. The lowest BCUT2D eigenvalue weighted by Crippen LogP contribution is -2.28. The summed E-state index contributed by atoms with van der Waals surface area (Å²) in [6.45, 7) is 3.71. The van der Waals surface area contributed by atoms with Crippen LogP contribution in [0, 0.1) is 0 Å². The predicted octanol–water partition coefficient (Wildman–Crippen LogP) is 2.49. The number of nitrogens with two attached hydrogens (primary N) is 1. The van der Waals surface area contributed by atoms with Gasteiger partial charge in [0.15, 0.2) is 0 Å². The van der Waals surface area contributed by atoms with Gasteiger partial charge in [0.05, 0.1) is 5.69 Å². The van der Waals surface area contributed by atoms with Crippen LogP contribution in [0.3, 0.4) is 0 Å². The Morgan fingerprint density at radius 2 is 2.16 bits per heavy atom. The molecular weight excluding hydrogens is 234 g/mol. The van der Waals surface area contributed by atoms with Gasteiger partial charge in [-0.1, -0.05) is 18.2 Å². The van der Waals surface area contributed by atoms with E-state index in [9.17, 15) is 0 Å². The van der Waals surface area contributed by atoms with Crippen LogP contribution >= 0.6 is 0 Å². The van der Waals surface area contributed by atoms with Crippen molar-refractivity contribution in [3.05, 3.63) is 59.4 Å². The smallest absolute Gasteiger partial charge is 0.0542 e. The second-order valence-corrected chi connectivity index (χ2v) is 5.17. The van der Waals surface area contributed by atoms with Gasteiger partial charge < -0.3 is 10.6 Å². The van der Waals surface area contributed by atoms with Crippen LogP contribution in [0.4, 0.5) is 5.69 Å². The molecule has 0 radical (unpaired) electrons. The zero-order valence-corrected chi connectivity index (χ0v) is 11.2. The SMILES string of the molecule is CC1Cc2ccccc2N1Cc1ccnc(CN)c1. The van der Waals surface area contributed by atoms with E-state index in [0.717, 1.165) is 18.7 Å². The summed E-state index contributed by atoms with van der Waals surface area (Å²) in [4.78, 5) is 6.72. The molecule has 0 saturated heterocycles. The minimum atomic E-state index is 0.500. The summed E-state index contributed by atoms with van der Waals surface area (Å²) >= 11 is 0. The van der Waals surface area contributed by atoms with Gasteiger partial charge in [0.1, 0.15) is 0 Å². The van der Waals surface area contributed by atoms with E-state index < -0.39 is 0 Å². The number of hydrogen-bond donors (Lipinski definition) is 1.